The van der Waals surface area contributed by atoms with E-state index in [1.807, 2.05) is 6.26 Å². The minimum absolute atomic E-state index is 0.0849. The molecule has 0 aliphatic heterocycles. The first-order valence-electron chi connectivity index (χ1n) is 5.12. The van der Waals surface area contributed by atoms with E-state index >= 15 is 0 Å². The summed E-state index contributed by atoms with van der Waals surface area (Å²) in [5.74, 6) is 0.523. The van der Waals surface area contributed by atoms with E-state index in [0.29, 0.717) is 23.2 Å². The molecule has 0 aliphatic rings. The molecule has 1 rings (SSSR count). The highest BCUT2D eigenvalue weighted by atomic mass is 32.2. The Kier molecular flexibility index (Phi) is 5.11. The van der Waals surface area contributed by atoms with E-state index in [4.69, 9.17) is 0 Å². The standard InChI is InChI=1S/C11H17N3OS/c1-8(16-3)7-14-11(15)9-5-4-6-13-10(9)12-2/h4-6,8H,7H2,1-3H3,(H,12,13)(H,14,15). The van der Waals surface area contributed by atoms with Gasteiger partial charge < -0.3 is 10.6 Å². The molecule has 0 aromatic carbocycles. The SMILES string of the molecule is CNc1ncccc1C(=O)NCC(C)SC. The minimum atomic E-state index is -0.0849. The van der Waals surface area contributed by atoms with Gasteiger partial charge in [-0.25, -0.2) is 4.98 Å². The molecule has 16 heavy (non-hydrogen) atoms. The maximum Gasteiger partial charge on any atom is 0.255 e. The van der Waals surface area contributed by atoms with Gasteiger partial charge in [0.15, 0.2) is 0 Å². The zero-order valence-electron chi connectivity index (χ0n) is 9.78. The fourth-order valence-electron chi connectivity index (χ4n) is 1.20. The third kappa shape index (κ3) is 3.41. The normalized spacial score (nSPS) is 11.9. The number of thioether (sulfide) groups is 1. The molecule has 1 aromatic rings. The molecule has 1 unspecified atom stereocenters. The van der Waals surface area contributed by atoms with Crippen LogP contribution in [0.1, 0.15) is 17.3 Å². The Morgan fingerprint density at radius 3 is 3.00 bits per heavy atom. The average molecular weight is 239 g/mol. The molecule has 0 radical (unpaired) electrons. The van der Waals surface area contributed by atoms with Crippen LogP contribution in [0.4, 0.5) is 5.82 Å². The Morgan fingerprint density at radius 1 is 1.62 bits per heavy atom. The summed E-state index contributed by atoms with van der Waals surface area (Å²) in [5.41, 5.74) is 0.582. The zero-order chi connectivity index (χ0) is 12.0. The van der Waals surface area contributed by atoms with Gasteiger partial charge in [0.2, 0.25) is 0 Å². The fraction of sp³-hybridized carbons (Fsp3) is 0.455. The third-order valence-electron chi connectivity index (χ3n) is 2.24. The monoisotopic (exact) mass is 239 g/mol. The second kappa shape index (κ2) is 6.37. The molecule has 1 aromatic heterocycles. The van der Waals surface area contributed by atoms with Gasteiger partial charge in [0.1, 0.15) is 5.82 Å². The lowest BCUT2D eigenvalue weighted by Gasteiger charge is -2.11. The van der Waals surface area contributed by atoms with Gasteiger partial charge in [-0.2, -0.15) is 11.8 Å². The minimum Gasteiger partial charge on any atom is -0.372 e. The molecule has 0 aliphatic carbocycles. The summed E-state index contributed by atoms with van der Waals surface area (Å²) in [4.78, 5) is 15.9. The van der Waals surface area contributed by atoms with Gasteiger partial charge in [0, 0.05) is 25.0 Å². The summed E-state index contributed by atoms with van der Waals surface area (Å²) in [6.45, 7) is 2.74. The van der Waals surface area contributed by atoms with Crippen LogP contribution in [0, 0.1) is 0 Å². The van der Waals surface area contributed by atoms with Crippen LogP contribution in [0.25, 0.3) is 0 Å². The second-order valence-electron chi connectivity index (χ2n) is 3.41. The summed E-state index contributed by atoms with van der Waals surface area (Å²) in [5, 5.41) is 6.20. The van der Waals surface area contributed by atoms with Crippen molar-refractivity contribution in [3.63, 3.8) is 0 Å². The summed E-state index contributed by atoms with van der Waals surface area (Å²) in [7, 11) is 1.75. The van der Waals surface area contributed by atoms with Gasteiger partial charge in [0.25, 0.3) is 5.91 Å². The topological polar surface area (TPSA) is 54.0 Å². The Labute approximate surface area is 100 Å². The lowest BCUT2D eigenvalue weighted by atomic mass is 10.2. The number of hydrogen-bond acceptors (Lipinski definition) is 4. The van der Waals surface area contributed by atoms with Crippen LogP contribution in [0.3, 0.4) is 0 Å². The number of amides is 1. The van der Waals surface area contributed by atoms with Crippen LogP contribution in [-0.4, -0.2) is 36.0 Å². The van der Waals surface area contributed by atoms with E-state index in [1.165, 1.54) is 0 Å². The molecule has 0 fully saturated rings. The van der Waals surface area contributed by atoms with E-state index < -0.39 is 0 Å². The van der Waals surface area contributed by atoms with Gasteiger partial charge in [0.05, 0.1) is 5.56 Å². The molecular formula is C11H17N3OS. The number of carbonyl (C=O) groups excluding carboxylic acids is 1. The van der Waals surface area contributed by atoms with Gasteiger partial charge in [-0.3, -0.25) is 4.79 Å². The molecule has 1 atom stereocenters. The Hall–Kier alpha value is -1.23. The molecule has 5 heteroatoms. The van der Waals surface area contributed by atoms with Crippen LogP contribution < -0.4 is 10.6 Å². The predicted octanol–water partition coefficient (Wildman–Crippen LogP) is 1.60. The summed E-state index contributed by atoms with van der Waals surface area (Å²) in [6.07, 6.45) is 3.69. The number of anilines is 1. The van der Waals surface area contributed by atoms with Gasteiger partial charge in [-0.15, -0.1) is 0 Å². The van der Waals surface area contributed by atoms with E-state index in [1.54, 1.807) is 37.1 Å². The van der Waals surface area contributed by atoms with Crippen molar-refractivity contribution in [2.24, 2.45) is 0 Å². The van der Waals surface area contributed by atoms with Crippen molar-refractivity contribution in [3.05, 3.63) is 23.9 Å². The molecule has 2 N–H and O–H groups in total. The largest absolute Gasteiger partial charge is 0.372 e. The lowest BCUT2D eigenvalue weighted by molar-refractivity contribution is 0.0954. The van der Waals surface area contributed by atoms with Crippen molar-refractivity contribution in [1.29, 1.82) is 0 Å². The van der Waals surface area contributed by atoms with Crippen molar-refractivity contribution in [3.8, 4) is 0 Å². The van der Waals surface area contributed by atoms with Crippen LogP contribution in [-0.2, 0) is 0 Å². The molecule has 0 bridgehead atoms. The molecule has 1 heterocycles. The highest BCUT2D eigenvalue weighted by molar-refractivity contribution is 7.99. The molecule has 0 saturated carbocycles. The molecule has 88 valence electrons. The zero-order valence-corrected chi connectivity index (χ0v) is 10.6. The number of nitrogens with one attached hydrogen (secondary N) is 2. The quantitative estimate of drug-likeness (QED) is 0.819. The summed E-state index contributed by atoms with van der Waals surface area (Å²) in [6, 6.07) is 3.52. The number of rotatable bonds is 5. The number of aromatic nitrogens is 1. The number of hydrogen-bond donors (Lipinski definition) is 2. The van der Waals surface area contributed by atoms with E-state index in [2.05, 4.69) is 22.5 Å². The Morgan fingerprint density at radius 2 is 2.38 bits per heavy atom. The average Bonchev–Trinajstić information content (AvgIpc) is 2.35. The number of nitrogens with zero attached hydrogens (tertiary/aromatic N) is 1. The molecule has 4 nitrogen and oxygen atoms in total. The maximum atomic E-state index is 11.8. The van der Waals surface area contributed by atoms with Crippen molar-refractivity contribution in [1.82, 2.24) is 10.3 Å². The fourth-order valence-corrected chi connectivity index (χ4v) is 1.45. The second-order valence-corrected chi connectivity index (χ2v) is 4.68. The number of carbonyl (C=O) groups is 1. The molecule has 1 amide bonds. The molecule has 0 saturated heterocycles. The highest BCUT2D eigenvalue weighted by Crippen LogP contribution is 2.10. The van der Waals surface area contributed by atoms with E-state index in [-0.39, 0.29) is 5.91 Å². The smallest absolute Gasteiger partial charge is 0.255 e. The maximum absolute atomic E-state index is 11.8. The molecule has 0 spiro atoms. The van der Waals surface area contributed by atoms with Crippen molar-refractivity contribution < 1.29 is 4.79 Å². The van der Waals surface area contributed by atoms with Crippen LogP contribution in [0.15, 0.2) is 18.3 Å². The van der Waals surface area contributed by atoms with Crippen LogP contribution in [0.2, 0.25) is 0 Å². The lowest BCUT2D eigenvalue weighted by Crippen LogP contribution is -2.30. The van der Waals surface area contributed by atoms with Gasteiger partial charge in [-0.05, 0) is 18.4 Å². The van der Waals surface area contributed by atoms with Gasteiger partial charge in [-0.1, -0.05) is 6.92 Å². The first-order chi connectivity index (χ1) is 7.69. The van der Waals surface area contributed by atoms with Crippen LogP contribution in [0.5, 0.6) is 0 Å². The first kappa shape index (κ1) is 12.8. The predicted molar refractivity (Wildman–Crippen MR) is 69.1 cm³/mol. The van der Waals surface area contributed by atoms with Crippen molar-refractivity contribution in [2.45, 2.75) is 12.2 Å². The summed E-state index contributed by atoms with van der Waals surface area (Å²) < 4.78 is 0. The van der Waals surface area contributed by atoms with E-state index in [9.17, 15) is 4.79 Å². The Balaban J connectivity index is 2.65. The van der Waals surface area contributed by atoms with Crippen molar-refractivity contribution in [2.75, 3.05) is 25.2 Å². The van der Waals surface area contributed by atoms with E-state index in [0.717, 1.165) is 0 Å². The highest BCUT2D eigenvalue weighted by Gasteiger charge is 2.11. The Bertz CT molecular complexity index is 357. The first-order valence-corrected chi connectivity index (χ1v) is 6.41. The van der Waals surface area contributed by atoms with Crippen molar-refractivity contribution >= 4 is 23.5 Å². The third-order valence-corrected chi connectivity index (χ3v) is 3.21. The number of pyridine rings is 1. The van der Waals surface area contributed by atoms with Gasteiger partial charge >= 0.3 is 0 Å². The summed E-state index contributed by atoms with van der Waals surface area (Å²) >= 11 is 1.73. The molecular weight excluding hydrogens is 222 g/mol. The van der Waals surface area contributed by atoms with Crippen LogP contribution >= 0.6 is 11.8 Å².